The monoisotopic (exact) mass is 420 g/mol. The number of aryl methyl sites for hydroxylation is 1. The van der Waals surface area contributed by atoms with Gasteiger partial charge in [-0.1, -0.05) is 47.6 Å². The lowest BCUT2D eigenvalue weighted by atomic mass is 10.1. The molecule has 7 nitrogen and oxygen atoms in total. The normalized spacial score (nSPS) is 10.8. The van der Waals surface area contributed by atoms with Gasteiger partial charge in [0.15, 0.2) is 11.5 Å². The molecule has 0 saturated heterocycles. The highest BCUT2D eigenvalue weighted by Crippen LogP contribution is 2.32. The zero-order valence-electron chi connectivity index (χ0n) is 15.8. The van der Waals surface area contributed by atoms with Gasteiger partial charge in [-0.15, -0.1) is 5.10 Å². The number of tetrazole rings is 1. The number of halogens is 1. The Labute approximate surface area is 173 Å². The second-order valence-corrected chi connectivity index (χ2v) is 7.51. The van der Waals surface area contributed by atoms with Crippen molar-refractivity contribution in [2.75, 3.05) is 19.4 Å². The molecular weight excluding hydrogens is 398 g/mol. The number of aromatic nitrogens is 4. The van der Waals surface area contributed by atoms with E-state index < -0.39 is 0 Å². The third-order valence-corrected chi connectivity index (χ3v) is 5.52. The minimum atomic E-state index is 0.391. The Kier molecular flexibility index (Phi) is 7.53. The van der Waals surface area contributed by atoms with E-state index in [1.807, 2.05) is 43.4 Å². The van der Waals surface area contributed by atoms with Gasteiger partial charge in [0.05, 0.1) is 25.0 Å². The van der Waals surface area contributed by atoms with Crippen molar-refractivity contribution in [1.82, 2.24) is 20.2 Å². The van der Waals surface area contributed by atoms with Crippen molar-refractivity contribution < 1.29 is 14.8 Å². The van der Waals surface area contributed by atoms with Gasteiger partial charge in [0.1, 0.15) is 13.2 Å². The Bertz CT molecular complexity index is 906. The topological polar surface area (TPSA) is 78.7 Å². The minimum absolute atomic E-state index is 0.391. The quantitative estimate of drug-likeness (QED) is 0.400. The molecule has 0 spiro atoms. The summed E-state index contributed by atoms with van der Waals surface area (Å²) in [6.07, 6.45) is 0. The average molecular weight is 421 g/mol. The Balaban J connectivity index is 1.57. The lowest BCUT2D eigenvalue weighted by Crippen LogP contribution is -2.83. The van der Waals surface area contributed by atoms with Crippen LogP contribution in [-0.2, 0) is 20.2 Å². The molecule has 148 valence electrons. The molecule has 0 radical (unpaired) electrons. The summed E-state index contributed by atoms with van der Waals surface area (Å²) in [5.74, 6) is 2.39. The number of ether oxygens (including phenoxy) is 2. The maximum atomic E-state index is 6.24. The molecule has 2 aromatic carbocycles. The van der Waals surface area contributed by atoms with Gasteiger partial charge < -0.3 is 14.8 Å². The summed E-state index contributed by atoms with van der Waals surface area (Å²) < 4.78 is 13.3. The fourth-order valence-electron chi connectivity index (χ4n) is 2.65. The van der Waals surface area contributed by atoms with Gasteiger partial charge in [0.2, 0.25) is 5.16 Å². The number of quaternary nitrogens is 1. The smallest absolute Gasteiger partial charge is 0.209 e. The molecule has 0 aliphatic carbocycles. The largest absolute Gasteiger partial charge is 0.493 e. The number of rotatable bonds is 10. The van der Waals surface area contributed by atoms with E-state index in [0.29, 0.717) is 11.6 Å². The van der Waals surface area contributed by atoms with Gasteiger partial charge in [0.25, 0.3) is 0 Å². The lowest BCUT2D eigenvalue weighted by molar-refractivity contribution is -0.666. The van der Waals surface area contributed by atoms with Crippen molar-refractivity contribution in [2.45, 2.75) is 18.3 Å². The van der Waals surface area contributed by atoms with Crippen LogP contribution in [0, 0.1) is 0 Å². The fourth-order valence-corrected chi connectivity index (χ4v) is 3.62. The van der Waals surface area contributed by atoms with Crippen LogP contribution in [0.15, 0.2) is 47.6 Å². The van der Waals surface area contributed by atoms with Crippen LogP contribution in [0.1, 0.15) is 11.1 Å². The van der Waals surface area contributed by atoms with E-state index in [9.17, 15) is 0 Å². The first-order valence-electron chi connectivity index (χ1n) is 8.88. The number of hydrogen-bond donors (Lipinski definition) is 1. The van der Waals surface area contributed by atoms with Crippen LogP contribution in [0.2, 0.25) is 5.02 Å². The lowest BCUT2D eigenvalue weighted by Gasteiger charge is -2.15. The predicted molar refractivity (Wildman–Crippen MR) is 109 cm³/mol. The van der Waals surface area contributed by atoms with Gasteiger partial charge in [-0.2, -0.15) is 0 Å². The molecule has 0 atom stereocenters. The number of nitrogens with zero attached hydrogens (tertiary/aromatic N) is 4. The third kappa shape index (κ3) is 5.37. The van der Waals surface area contributed by atoms with E-state index in [2.05, 4.69) is 26.9 Å². The molecule has 28 heavy (non-hydrogen) atoms. The summed E-state index contributed by atoms with van der Waals surface area (Å²) in [5.41, 5.74) is 2.02. The Morgan fingerprint density at radius 3 is 2.71 bits per heavy atom. The molecule has 0 bridgehead atoms. The van der Waals surface area contributed by atoms with Crippen molar-refractivity contribution >= 4 is 23.4 Å². The summed E-state index contributed by atoms with van der Waals surface area (Å²) >= 11 is 7.88. The number of nitrogens with two attached hydrogens (primary N) is 1. The average Bonchev–Trinajstić information content (AvgIpc) is 3.12. The summed E-state index contributed by atoms with van der Waals surface area (Å²) in [7, 11) is 3.49. The number of para-hydroxylation sites is 1. The van der Waals surface area contributed by atoms with Gasteiger partial charge >= 0.3 is 0 Å². The maximum absolute atomic E-state index is 6.24. The van der Waals surface area contributed by atoms with Crippen LogP contribution in [0.25, 0.3) is 0 Å². The summed E-state index contributed by atoms with van der Waals surface area (Å²) in [5, 5.41) is 15.2. The minimum Gasteiger partial charge on any atom is -0.493 e. The van der Waals surface area contributed by atoms with Crippen molar-refractivity contribution in [3.8, 4) is 11.5 Å². The number of benzene rings is 2. The molecule has 1 heterocycles. The number of methoxy groups -OCH3 is 1. The fraction of sp³-hybridized carbons (Fsp3) is 0.316. The number of hydrogen-bond acceptors (Lipinski definition) is 6. The second-order valence-electron chi connectivity index (χ2n) is 6.04. The first-order valence-corrected chi connectivity index (χ1v) is 10.2. The highest BCUT2D eigenvalue weighted by atomic mass is 35.5. The summed E-state index contributed by atoms with van der Waals surface area (Å²) in [6, 6.07) is 13.6. The maximum Gasteiger partial charge on any atom is 0.209 e. The highest BCUT2D eigenvalue weighted by molar-refractivity contribution is 7.99. The summed E-state index contributed by atoms with van der Waals surface area (Å²) in [6.45, 7) is 2.10. The van der Waals surface area contributed by atoms with Gasteiger partial charge in [0, 0.05) is 17.6 Å². The Morgan fingerprint density at radius 1 is 1.14 bits per heavy atom. The SMILES string of the molecule is COc1cccc(C[NH2+]CCSc2nnnn2C)c1OCc1ccccc1Cl. The first kappa shape index (κ1) is 20.4. The van der Waals surface area contributed by atoms with E-state index >= 15 is 0 Å². The highest BCUT2D eigenvalue weighted by Gasteiger charge is 2.13. The molecule has 3 rings (SSSR count). The van der Waals surface area contributed by atoms with Crippen LogP contribution < -0.4 is 14.8 Å². The van der Waals surface area contributed by atoms with E-state index in [-0.39, 0.29) is 0 Å². The standard InChI is InChI=1S/C19H22ClN5O2S/c1-25-19(22-23-24-25)28-11-10-21-12-14-7-5-9-17(26-2)18(14)27-13-15-6-3-4-8-16(15)20/h3-9,21H,10-13H2,1-2H3/p+1. The van der Waals surface area contributed by atoms with E-state index in [0.717, 1.165) is 46.6 Å². The van der Waals surface area contributed by atoms with Gasteiger partial charge in [-0.05, 0) is 28.6 Å². The van der Waals surface area contributed by atoms with Crippen molar-refractivity contribution in [3.05, 3.63) is 58.6 Å². The molecule has 3 aromatic rings. The van der Waals surface area contributed by atoms with Crippen LogP contribution in [-0.4, -0.2) is 39.6 Å². The molecule has 0 saturated carbocycles. The predicted octanol–water partition coefficient (Wildman–Crippen LogP) is 2.31. The molecule has 0 fully saturated rings. The Morgan fingerprint density at radius 2 is 1.96 bits per heavy atom. The van der Waals surface area contributed by atoms with E-state index in [4.69, 9.17) is 21.1 Å². The van der Waals surface area contributed by atoms with Crippen molar-refractivity contribution in [2.24, 2.45) is 7.05 Å². The van der Waals surface area contributed by atoms with Crippen LogP contribution in [0.5, 0.6) is 11.5 Å². The molecule has 0 aliphatic heterocycles. The first-order chi connectivity index (χ1) is 13.7. The Hall–Kier alpha value is -2.29. The molecule has 1 aromatic heterocycles. The zero-order chi connectivity index (χ0) is 19.8. The molecule has 9 heteroatoms. The molecule has 0 aliphatic rings. The van der Waals surface area contributed by atoms with Gasteiger partial charge in [-0.3, -0.25) is 0 Å². The van der Waals surface area contributed by atoms with Crippen molar-refractivity contribution in [3.63, 3.8) is 0 Å². The molecular formula is C19H23ClN5O2S+. The van der Waals surface area contributed by atoms with E-state index in [1.54, 1.807) is 23.6 Å². The molecule has 0 amide bonds. The van der Waals surface area contributed by atoms with Crippen LogP contribution >= 0.6 is 23.4 Å². The van der Waals surface area contributed by atoms with Crippen LogP contribution in [0.4, 0.5) is 0 Å². The van der Waals surface area contributed by atoms with E-state index in [1.165, 1.54) is 0 Å². The second kappa shape index (κ2) is 10.3. The molecule has 0 unspecified atom stereocenters. The van der Waals surface area contributed by atoms with Crippen LogP contribution in [0.3, 0.4) is 0 Å². The summed E-state index contributed by atoms with van der Waals surface area (Å²) in [4.78, 5) is 0. The number of thioether (sulfide) groups is 1. The molecule has 2 N–H and O–H groups in total. The van der Waals surface area contributed by atoms with Crippen molar-refractivity contribution in [1.29, 1.82) is 0 Å². The zero-order valence-corrected chi connectivity index (χ0v) is 17.4. The van der Waals surface area contributed by atoms with Gasteiger partial charge in [-0.25, -0.2) is 4.68 Å². The third-order valence-electron chi connectivity index (χ3n) is 4.11.